The molecule has 0 bridgehead atoms. The van der Waals surface area contributed by atoms with Gasteiger partial charge in [-0.05, 0) is 37.0 Å². The minimum Gasteiger partial charge on any atom is -0.496 e. The van der Waals surface area contributed by atoms with Crippen molar-refractivity contribution in [2.45, 2.75) is 33.2 Å². The minimum atomic E-state index is -0.0436. The van der Waals surface area contributed by atoms with E-state index in [2.05, 4.69) is 35.1 Å². The Hall–Kier alpha value is -1.03. The van der Waals surface area contributed by atoms with Crippen molar-refractivity contribution in [1.29, 1.82) is 0 Å². The van der Waals surface area contributed by atoms with Gasteiger partial charge in [0.1, 0.15) is 5.75 Å². The standard InChI is InChI=1S/C15H22BrNO2/c1-10(2)13(7-8-16)17-15(18)12-6-5-11(3)14(9-12)19-4/h5-6,9-10,13H,7-8H2,1-4H3,(H,17,18). The average Bonchev–Trinajstić information content (AvgIpc) is 2.38. The Morgan fingerprint density at radius 2 is 2.11 bits per heavy atom. The van der Waals surface area contributed by atoms with Crippen LogP contribution in [0.15, 0.2) is 18.2 Å². The number of carbonyl (C=O) groups is 1. The predicted molar refractivity (Wildman–Crippen MR) is 82.2 cm³/mol. The first-order chi connectivity index (χ1) is 8.99. The number of alkyl halides is 1. The molecule has 0 spiro atoms. The number of nitrogens with one attached hydrogen (secondary N) is 1. The number of methoxy groups -OCH3 is 1. The summed E-state index contributed by atoms with van der Waals surface area (Å²) in [4.78, 5) is 12.2. The van der Waals surface area contributed by atoms with Crippen LogP contribution in [0.25, 0.3) is 0 Å². The zero-order valence-corrected chi connectivity index (χ0v) is 13.6. The smallest absolute Gasteiger partial charge is 0.251 e. The Bertz CT molecular complexity index is 432. The maximum atomic E-state index is 12.2. The van der Waals surface area contributed by atoms with Crippen molar-refractivity contribution >= 4 is 21.8 Å². The summed E-state index contributed by atoms with van der Waals surface area (Å²) < 4.78 is 5.25. The van der Waals surface area contributed by atoms with E-state index in [1.54, 1.807) is 13.2 Å². The highest BCUT2D eigenvalue weighted by atomic mass is 79.9. The van der Waals surface area contributed by atoms with Crippen molar-refractivity contribution in [3.8, 4) is 5.75 Å². The Balaban J connectivity index is 2.82. The first kappa shape index (κ1) is 16.0. The van der Waals surface area contributed by atoms with Crippen LogP contribution in [0, 0.1) is 12.8 Å². The van der Waals surface area contributed by atoms with Crippen molar-refractivity contribution in [2.75, 3.05) is 12.4 Å². The fourth-order valence-electron chi connectivity index (χ4n) is 1.90. The number of halogens is 1. The number of benzene rings is 1. The van der Waals surface area contributed by atoms with Crippen LogP contribution in [0.2, 0.25) is 0 Å². The second-order valence-corrected chi connectivity index (χ2v) is 5.78. The molecule has 0 saturated carbocycles. The lowest BCUT2D eigenvalue weighted by Gasteiger charge is -2.21. The molecule has 1 rings (SSSR count). The molecule has 0 radical (unpaired) electrons. The number of ether oxygens (including phenoxy) is 1. The highest BCUT2D eigenvalue weighted by Gasteiger charge is 2.17. The molecule has 0 saturated heterocycles. The quantitative estimate of drug-likeness (QED) is 0.811. The van der Waals surface area contributed by atoms with E-state index >= 15 is 0 Å². The van der Waals surface area contributed by atoms with Crippen LogP contribution in [0.1, 0.15) is 36.2 Å². The lowest BCUT2D eigenvalue weighted by Crippen LogP contribution is -2.38. The van der Waals surface area contributed by atoms with Crippen molar-refractivity contribution in [2.24, 2.45) is 5.92 Å². The molecule has 1 aromatic carbocycles. The third kappa shape index (κ3) is 4.53. The van der Waals surface area contributed by atoms with Gasteiger partial charge >= 0.3 is 0 Å². The van der Waals surface area contributed by atoms with Crippen LogP contribution in [0.3, 0.4) is 0 Å². The number of hydrogen-bond acceptors (Lipinski definition) is 2. The summed E-state index contributed by atoms with van der Waals surface area (Å²) in [6.45, 7) is 6.19. The molecule has 1 amide bonds. The van der Waals surface area contributed by atoms with Crippen LogP contribution >= 0.6 is 15.9 Å². The lowest BCUT2D eigenvalue weighted by atomic mass is 10.0. The summed E-state index contributed by atoms with van der Waals surface area (Å²) >= 11 is 3.43. The van der Waals surface area contributed by atoms with Gasteiger partial charge < -0.3 is 10.1 Å². The summed E-state index contributed by atoms with van der Waals surface area (Å²) in [5.74, 6) is 1.11. The molecule has 1 aromatic rings. The number of hydrogen-bond donors (Lipinski definition) is 1. The van der Waals surface area contributed by atoms with Crippen LogP contribution in [-0.2, 0) is 0 Å². The van der Waals surface area contributed by atoms with Gasteiger partial charge in [-0.2, -0.15) is 0 Å². The molecule has 0 aromatic heterocycles. The molecule has 0 aliphatic heterocycles. The first-order valence-electron chi connectivity index (χ1n) is 6.51. The van der Waals surface area contributed by atoms with Crippen molar-refractivity contribution in [1.82, 2.24) is 5.32 Å². The van der Waals surface area contributed by atoms with Crippen molar-refractivity contribution < 1.29 is 9.53 Å². The molecular weight excluding hydrogens is 306 g/mol. The highest BCUT2D eigenvalue weighted by molar-refractivity contribution is 9.09. The number of amides is 1. The SMILES string of the molecule is COc1cc(C(=O)NC(CCBr)C(C)C)ccc1C. The Labute approximate surface area is 123 Å². The summed E-state index contributed by atoms with van der Waals surface area (Å²) in [5, 5.41) is 3.96. The van der Waals surface area contributed by atoms with E-state index in [-0.39, 0.29) is 11.9 Å². The predicted octanol–water partition coefficient (Wildman–Crippen LogP) is 3.54. The molecule has 0 heterocycles. The summed E-state index contributed by atoms with van der Waals surface area (Å²) in [5.41, 5.74) is 1.67. The molecule has 0 fully saturated rings. The third-order valence-corrected chi connectivity index (χ3v) is 3.67. The molecule has 1 unspecified atom stereocenters. The number of aryl methyl sites for hydroxylation is 1. The van der Waals surface area contributed by atoms with E-state index < -0.39 is 0 Å². The molecule has 0 aliphatic carbocycles. The van der Waals surface area contributed by atoms with Gasteiger partial charge in [0.15, 0.2) is 0 Å². The van der Waals surface area contributed by atoms with Gasteiger partial charge in [0.05, 0.1) is 7.11 Å². The van der Waals surface area contributed by atoms with Gasteiger partial charge in [0.25, 0.3) is 5.91 Å². The van der Waals surface area contributed by atoms with Gasteiger partial charge in [0, 0.05) is 16.9 Å². The Morgan fingerprint density at radius 1 is 1.42 bits per heavy atom. The molecule has 106 valence electrons. The first-order valence-corrected chi connectivity index (χ1v) is 7.63. The van der Waals surface area contributed by atoms with Gasteiger partial charge in [0.2, 0.25) is 0 Å². The van der Waals surface area contributed by atoms with Crippen molar-refractivity contribution in [3.63, 3.8) is 0 Å². The fraction of sp³-hybridized carbons (Fsp3) is 0.533. The van der Waals surface area contributed by atoms with Crippen molar-refractivity contribution in [3.05, 3.63) is 29.3 Å². The maximum Gasteiger partial charge on any atom is 0.251 e. The van der Waals surface area contributed by atoms with Crippen LogP contribution < -0.4 is 10.1 Å². The average molecular weight is 328 g/mol. The molecular formula is C15H22BrNO2. The van der Waals surface area contributed by atoms with E-state index in [0.717, 1.165) is 23.1 Å². The van der Waals surface area contributed by atoms with Crippen LogP contribution in [-0.4, -0.2) is 24.4 Å². The van der Waals surface area contributed by atoms with Crippen LogP contribution in [0.4, 0.5) is 0 Å². The van der Waals surface area contributed by atoms with E-state index in [4.69, 9.17) is 4.74 Å². The van der Waals surface area contributed by atoms with Gasteiger partial charge in [-0.3, -0.25) is 4.79 Å². The molecule has 0 aliphatic rings. The lowest BCUT2D eigenvalue weighted by molar-refractivity contribution is 0.0924. The number of carbonyl (C=O) groups excluding carboxylic acids is 1. The Morgan fingerprint density at radius 3 is 2.63 bits per heavy atom. The molecule has 1 atom stereocenters. The second-order valence-electron chi connectivity index (χ2n) is 4.99. The second kappa shape index (κ2) is 7.53. The monoisotopic (exact) mass is 327 g/mol. The van der Waals surface area contributed by atoms with E-state index in [0.29, 0.717) is 11.5 Å². The maximum absolute atomic E-state index is 12.2. The van der Waals surface area contributed by atoms with E-state index in [9.17, 15) is 4.79 Å². The topological polar surface area (TPSA) is 38.3 Å². The third-order valence-electron chi connectivity index (χ3n) is 3.21. The summed E-state index contributed by atoms with van der Waals surface area (Å²) in [7, 11) is 1.62. The summed E-state index contributed by atoms with van der Waals surface area (Å²) in [6.07, 6.45) is 0.923. The van der Waals surface area contributed by atoms with Gasteiger partial charge in [-0.1, -0.05) is 35.8 Å². The molecule has 3 nitrogen and oxygen atoms in total. The largest absolute Gasteiger partial charge is 0.496 e. The zero-order chi connectivity index (χ0) is 14.4. The van der Waals surface area contributed by atoms with Crippen LogP contribution in [0.5, 0.6) is 5.75 Å². The molecule has 4 heteroatoms. The number of rotatable bonds is 6. The zero-order valence-electron chi connectivity index (χ0n) is 12.0. The van der Waals surface area contributed by atoms with E-state index in [1.165, 1.54) is 0 Å². The normalized spacial score (nSPS) is 12.3. The van der Waals surface area contributed by atoms with Gasteiger partial charge in [-0.15, -0.1) is 0 Å². The summed E-state index contributed by atoms with van der Waals surface area (Å²) in [6, 6.07) is 5.71. The Kier molecular flexibility index (Phi) is 6.35. The highest BCUT2D eigenvalue weighted by Crippen LogP contribution is 2.19. The van der Waals surface area contributed by atoms with E-state index in [1.807, 2.05) is 19.1 Å². The molecule has 1 N–H and O–H groups in total. The van der Waals surface area contributed by atoms with Gasteiger partial charge in [-0.25, -0.2) is 0 Å². The minimum absolute atomic E-state index is 0.0436. The fourth-order valence-corrected chi connectivity index (χ4v) is 2.40. The molecule has 19 heavy (non-hydrogen) atoms.